The minimum atomic E-state index is -0.754. The molecule has 6 heteroatoms. The Morgan fingerprint density at radius 3 is 2.28 bits per heavy atom. The summed E-state index contributed by atoms with van der Waals surface area (Å²) in [5, 5.41) is 2.64. The fourth-order valence-corrected chi connectivity index (χ4v) is 2.06. The summed E-state index contributed by atoms with van der Waals surface area (Å²) >= 11 is 0. The van der Waals surface area contributed by atoms with Crippen LogP contribution in [0.2, 0.25) is 0 Å². The van der Waals surface area contributed by atoms with Crippen LogP contribution in [0.25, 0.3) is 0 Å². The Hall–Kier alpha value is -3.02. The maximum atomic E-state index is 12.1. The summed E-state index contributed by atoms with van der Waals surface area (Å²) in [5.41, 5.74) is 0.592. The number of amides is 1. The molecule has 0 bridgehead atoms. The van der Waals surface area contributed by atoms with E-state index < -0.39 is 18.0 Å². The Bertz CT molecular complexity index is 685. The molecule has 0 saturated heterocycles. The molecule has 1 atom stereocenters. The van der Waals surface area contributed by atoms with Crippen LogP contribution in [-0.4, -0.2) is 31.7 Å². The predicted molar refractivity (Wildman–Crippen MR) is 93.7 cm³/mol. The van der Waals surface area contributed by atoms with Gasteiger partial charge in [0.1, 0.15) is 11.5 Å². The molecule has 0 aliphatic carbocycles. The van der Waals surface area contributed by atoms with Crippen LogP contribution in [0.1, 0.15) is 13.3 Å². The second-order valence-electron chi connectivity index (χ2n) is 5.21. The third-order valence-corrected chi connectivity index (χ3v) is 3.37. The molecule has 25 heavy (non-hydrogen) atoms. The largest absolute Gasteiger partial charge is 0.497 e. The molecule has 2 aromatic rings. The summed E-state index contributed by atoms with van der Waals surface area (Å²) in [4.78, 5) is 24.0. The number of para-hydroxylation sites is 1. The maximum absolute atomic E-state index is 12.1. The van der Waals surface area contributed by atoms with Crippen LogP contribution in [0, 0.1) is 0 Å². The Morgan fingerprint density at radius 1 is 1.00 bits per heavy atom. The molecule has 0 aliphatic rings. The van der Waals surface area contributed by atoms with Crippen LogP contribution in [0.3, 0.4) is 0 Å². The first kappa shape index (κ1) is 18.3. The minimum absolute atomic E-state index is 0.375. The quantitative estimate of drug-likeness (QED) is 0.746. The normalized spacial score (nSPS) is 11.3. The number of carbonyl (C=O) groups excluding carboxylic acids is 2. The highest BCUT2D eigenvalue weighted by Gasteiger charge is 2.21. The molecular weight excluding hydrogens is 322 g/mol. The number of carbonyl (C=O) groups is 2. The lowest BCUT2D eigenvalue weighted by Crippen LogP contribution is -2.31. The molecule has 2 rings (SSSR count). The Labute approximate surface area is 146 Å². The summed E-state index contributed by atoms with van der Waals surface area (Å²) < 4.78 is 15.7. The fourth-order valence-electron chi connectivity index (χ4n) is 2.06. The van der Waals surface area contributed by atoms with Crippen molar-refractivity contribution in [2.45, 2.75) is 19.4 Å². The molecule has 0 saturated carbocycles. The van der Waals surface area contributed by atoms with E-state index in [0.29, 0.717) is 23.6 Å². The first-order chi connectivity index (χ1) is 12.1. The molecule has 0 aliphatic heterocycles. The average molecular weight is 343 g/mol. The van der Waals surface area contributed by atoms with Gasteiger partial charge in [-0.2, -0.15) is 0 Å². The van der Waals surface area contributed by atoms with Crippen molar-refractivity contribution >= 4 is 17.6 Å². The van der Waals surface area contributed by atoms with Gasteiger partial charge in [0, 0.05) is 5.69 Å². The van der Waals surface area contributed by atoms with Gasteiger partial charge in [-0.3, -0.25) is 4.79 Å². The zero-order valence-electron chi connectivity index (χ0n) is 14.2. The van der Waals surface area contributed by atoms with Crippen LogP contribution >= 0.6 is 0 Å². The standard InChI is InChI=1S/C19H21NO5/c1-3-17(25-16-7-5-4-6-8-16)19(22)24-13-18(21)20-14-9-11-15(23-2)12-10-14/h4-12,17H,3,13H2,1-2H3,(H,20,21)/t17-/m1/s1. The van der Waals surface area contributed by atoms with Crippen molar-refractivity contribution in [3.8, 4) is 11.5 Å². The number of hydrogen-bond acceptors (Lipinski definition) is 5. The molecule has 1 N–H and O–H groups in total. The number of methoxy groups -OCH3 is 1. The first-order valence-electron chi connectivity index (χ1n) is 7.94. The van der Waals surface area contributed by atoms with Crippen LogP contribution in [0.5, 0.6) is 11.5 Å². The van der Waals surface area contributed by atoms with E-state index in [4.69, 9.17) is 14.2 Å². The lowest BCUT2D eigenvalue weighted by molar-refractivity contribution is -0.154. The van der Waals surface area contributed by atoms with Crippen LogP contribution in [0.4, 0.5) is 5.69 Å². The van der Waals surface area contributed by atoms with Crippen molar-refractivity contribution in [2.75, 3.05) is 19.0 Å². The molecular formula is C19H21NO5. The predicted octanol–water partition coefficient (Wildman–Crippen LogP) is 3.03. The van der Waals surface area contributed by atoms with E-state index in [1.165, 1.54) is 0 Å². The number of rotatable bonds is 8. The van der Waals surface area contributed by atoms with Crippen LogP contribution in [0.15, 0.2) is 54.6 Å². The van der Waals surface area contributed by atoms with Crippen molar-refractivity contribution < 1.29 is 23.8 Å². The monoisotopic (exact) mass is 343 g/mol. The van der Waals surface area contributed by atoms with E-state index in [1.807, 2.05) is 25.1 Å². The van der Waals surface area contributed by atoms with Crippen molar-refractivity contribution in [1.82, 2.24) is 0 Å². The Kier molecular flexibility index (Phi) is 6.83. The van der Waals surface area contributed by atoms with E-state index in [9.17, 15) is 9.59 Å². The molecule has 0 heterocycles. The van der Waals surface area contributed by atoms with Gasteiger partial charge in [-0.25, -0.2) is 4.79 Å². The Morgan fingerprint density at radius 2 is 1.68 bits per heavy atom. The van der Waals surface area contributed by atoms with Gasteiger partial charge in [0.05, 0.1) is 7.11 Å². The van der Waals surface area contributed by atoms with Gasteiger partial charge in [-0.15, -0.1) is 0 Å². The number of hydrogen-bond donors (Lipinski definition) is 1. The smallest absolute Gasteiger partial charge is 0.347 e. The molecule has 0 unspecified atom stereocenters. The summed E-state index contributed by atoms with van der Waals surface area (Å²) in [7, 11) is 1.56. The van der Waals surface area contributed by atoms with E-state index in [0.717, 1.165) is 0 Å². The van der Waals surface area contributed by atoms with Gasteiger partial charge in [0.2, 0.25) is 0 Å². The summed E-state index contributed by atoms with van der Waals surface area (Å²) in [5.74, 6) is 0.270. The lowest BCUT2D eigenvalue weighted by Gasteiger charge is -2.16. The van der Waals surface area contributed by atoms with E-state index >= 15 is 0 Å². The Balaban J connectivity index is 1.81. The molecule has 1 amide bonds. The molecule has 0 fully saturated rings. The van der Waals surface area contributed by atoms with Crippen molar-refractivity contribution in [3.63, 3.8) is 0 Å². The topological polar surface area (TPSA) is 73.9 Å². The highest BCUT2D eigenvalue weighted by atomic mass is 16.6. The number of esters is 1. The second-order valence-corrected chi connectivity index (χ2v) is 5.21. The van der Waals surface area contributed by atoms with Crippen molar-refractivity contribution in [1.29, 1.82) is 0 Å². The lowest BCUT2D eigenvalue weighted by atomic mass is 10.2. The van der Waals surface area contributed by atoms with Crippen LogP contribution in [-0.2, 0) is 14.3 Å². The van der Waals surface area contributed by atoms with Gasteiger partial charge in [0.15, 0.2) is 12.7 Å². The molecule has 0 aromatic heterocycles. The van der Waals surface area contributed by atoms with Gasteiger partial charge in [-0.1, -0.05) is 25.1 Å². The fraction of sp³-hybridized carbons (Fsp3) is 0.263. The minimum Gasteiger partial charge on any atom is -0.497 e. The van der Waals surface area contributed by atoms with Gasteiger partial charge in [-0.05, 0) is 42.8 Å². The number of nitrogens with one attached hydrogen (secondary N) is 1. The van der Waals surface area contributed by atoms with E-state index in [-0.39, 0.29) is 6.61 Å². The molecule has 132 valence electrons. The number of anilines is 1. The van der Waals surface area contributed by atoms with E-state index in [1.54, 1.807) is 43.5 Å². The van der Waals surface area contributed by atoms with Gasteiger partial charge < -0.3 is 19.5 Å². The van der Waals surface area contributed by atoms with Gasteiger partial charge in [0.25, 0.3) is 5.91 Å². The van der Waals surface area contributed by atoms with Crippen LogP contribution < -0.4 is 14.8 Å². The number of benzene rings is 2. The second kappa shape index (κ2) is 9.32. The highest BCUT2D eigenvalue weighted by molar-refractivity contribution is 5.93. The van der Waals surface area contributed by atoms with Crippen molar-refractivity contribution in [3.05, 3.63) is 54.6 Å². The summed E-state index contributed by atoms with van der Waals surface area (Å²) in [6.07, 6.45) is -0.315. The maximum Gasteiger partial charge on any atom is 0.347 e. The molecule has 0 radical (unpaired) electrons. The average Bonchev–Trinajstić information content (AvgIpc) is 2.65. The third kappa shape index (κ3) is 5.84. The van der Waals surface area contributed by atoms with Crippen molar-refractivity contribution in [2.24, 2.45) is 0 Å². The summed E-state index contributed by atoms with van der Waals surface area (Å²) in [6, 6.07) is 15.8. The third-order valence-electron chi connectivity index (χ3n) is 3.37. The molecule has 0 spiro atoms. The highest BCUT2D eigenvalue weighted by Crippen LogP contribution is 2.15. The zero-order chi connectivity index (χ0) is 18.1. The SMILES string of the molecule is CC[C@@H](Oc1ccccc1)C(=O)OCC(=O)Nc1ccc(OC)cc1. The molecule has 6 nitrogen and oxygen atoms in total. The summed E-state index contributed by atoms with van der Waals surface area (Å²) in [6.45, 7) is 1.44. The zero-order valence-corrected chi connectivity index (χ0v) is 14.2. The van der Waals surface area contributed by atoms with Gasteiger partial charge >= 0.3 is 5.97 Å². The van der Waals surface area contributed by atoms with E-state index in [2.05, 4.69) is 5.32 Å². The first-order valence-corrected chi connectivity index (χ1v) is 7.94. The number of ether oxygens (including phenoxy) is 3. The molecule has 2 aromatic carbocycles.